The largest absolute Gasteiger partial charge is 0.490 e. The Labute approximate surface area is 223 Å². The fourth-order valence-electron chi connectivity index (χ4n) is 3.61. The van der Waals surface area contributed by atoms with Crippen molar-refractivity contribution < 1.29 is 14.3 Å². The van der Waals surface area contributed by atoms with E-state index in [1.807, 2.05) is 31.2 Å². The van der Waals surface area contributed by atoms with Gasteiger partial charge in [-0.2, -0.15) is 5.26 Å². The first-order chi connectivity index (χ1) is 17.5. The summed E-state index contributed by atoms with van der Waals surface area (Å²) in [5.74, 6) is 0.315. The molecule has 4 aromatic rings. The fraction of sp³-hybridized carbons (Fsp3) is 0.103. The lowest BCUT2D eigenvalue weighted by atomic mass is 10.1. The summed E-state index contributed by atoms with van der Waals surface area (Å²) in [4.78, 5) is 12.6. The number of ether oxygens (including phenoxy) is 2. The van der Waals surface area contributed by atoms with E-state index in [0.717, 1.165) is 20.8 Å². The van der Waals surface area contributed by atoms with Gasteiger partial charge in [0, 0.05) is 10.2 Å². The number of benzene rings is 4. The van der Waals surface area contributed by atoms with E-state index in [4.69, 9.17) is 21.1 Å². The number of carbonyl (C=O) groups is 1. The van der Waals surface area contributed by atoms with Crippen LogP contribution in [0.5, 0.6) is 11.5 Å². The van der Waals surface area contributed by atoms with Crippen molar-refractivity contribution in [3.63, 3.8) is 0 Å². The Morgan fingerprint density at radius 2 is 1.78 bits per heavy atom. The summed E-state index contributed by atoms with van der Waals surface area (Å²) in [5.41, 5.74) is 2.05. The number of amides is 1. The predicted molar refractivity (Wildman–Crippen MR) is 147 cm³/mol. The van der Waals surface area contributed by atoms with Crippen molar-refractivity contribution in [2.75, 3.05) is 11.9 Å². The Balaban J connectivity index is 1.56. The molecular formula is C29H22BrClN2O3. The van der Waals surface area contributed by atoms with Gasteiger partial charge in [0.15, 0.2) is 11.5 Å². The number of nitrogens with zero attached hydrogens (tertiary/aromatic N) is 1. The van der Waals surface area contributed by atoms with Crippen LogP contribution in [0, 0.1) is 11.3 Å². The Bertz CT molecular complexity index is 1480. The van der Waals surface area contributed by atoms with E-state index in [2.05, 4.69) is 45.5 Å². The number of nitrogens with one attached hydrogen (secondary N) is 1. The van der Waals surface area contributed by atoms with Gasteiger partial charge in [-0.15, -0.1) is 0 Å². The lowest BCUT2D eigenvalue weighted by Crippen LogP contribution is -2.13. The number of carbonyl (C=O) groups excluding carboxylic acids is 1. The molecule has 4 rings (SSSR count). The molecule has 0 aliphatic carbocycles. The van der Waals surface area contributed by atoms with Crippen LogP contribution in [0.4, 0.5) is 5.69 Å². The van der Waals surface area contributed by atoms with Crippen LogP contribution in [0.2, 0.25) is 5.02 Å². The van der Waals surface area contributed by atoms with Crippen molar-refractivity contribution in [1.82, 2.24) is 0 Å². The van der Waals surface area contributed by atoms with Gasteiger partial charge in [0.25, 0.3) is 5.91 Å². The zero-order valence-electron chi connectivity index (χ0n) is 19.4. The van der Waals surface area contributed by atoms with Gasteiger partial charge >= 0.3 is 0 Å². The highest BCUT2D eigenvalue weighted by Crippen LogP contribution is 2.38. The molecule has 1 amide bonds. The summed E-state index contributed by atoms with van der Waals surface area (Å²) in [6.07, 6.45) is 1.47. The van der Waals surface area contributed by atoms with Crippen molar-refractivity contribution >= 4 is 56.0 Å². The zero-order chi connectivity index (χ0) is 25.5. The minimum atomic E-state index is -0.523. The molecule has 36 heavy (non-hydrogen) atoms. The molecule has 5 nitrogen and oxygen atoms in total. The molecule has 0 unspecified atom stereocenters. The van der Waals surface area contributed by atoms with E-state index in [1.54, 1.807) is 36.4 Å². The Kier molecular flexibility index (Phi) is 8.27. The molecular weight excluding hydrogens is 540 g/mol. The monoisotopic (exact) mass is 560 g/mol. The van der Waals surface area contributed by atoms with Crippen LogP contribution in [0.15, 0.2) is 88.9 Å². The first-order valence-electron chi connectivity index (χ1n) is 11.2. The Morgan fingerprint density at radius 3 is 2.50 bits per heavy atom. The topological polar surface area (TPSA) is 71.3 Å². The van der Waals surface area contributed by atoms with E-state index in [0.29, 0.717) is 41.0 Å². The predicted octanol–water partition coefficient (Wildman–Crippen LogP) is 7.78. The number of rotatable bonds is 8. The van der Waals surface area contributed by atoms with Crippen molar-refractivity contribution in [2.24, 2.45) is 0 Å². The lowest BCUT2D eigenvalue weighted by Gasteiger charge is -2.15. The molecule has 0 radical (unpaired) electrons. The van der Waals surface area contributed by atoms with Crippen LogP contribution >= 0.6 is 27.5 Å². The van der Waals surface area contributed by atoms with Crippen molar-refractivity contribution in [2.45, 2.75) is 13.5 Å². The van der Waals surface area contributed by atoms with Gasteiger partial charge in [0.05, 0.1) is 11.6 Å². The van der Waals surface area contributed by atoms with Gasteiger partial charge in [-0.3, -0.25) is 4.79 Å². The Hall–Kier alpha value is -3.79. The van der Waals surface area contributed by atoms with E-state index in [9.17, 15) is 10.1 Å². The number of anilines is 1. The first-order valence-corrected chi connectivity index (χ1v) is 12.4. The second kappa shape index (κ2) is 11.8. The molecule has 0 aliphatic rings. The van der Waals surface area contributed by atoms with Gasteiger partial charge in [0.1, 0.15) is 18.2 Å². The SMILES string of the molecule is CCOc1cc(/C=C(\C#N)C(=O)Nc2ccc(Br)cc2)cc(Cl)c1OCc1ccc2ccccc2c1. The number of hydrogen-bond acceptors (Lipinski definition) is 4. The average Bonchev–Trinajstić information content (AvgIpc) is 2.88. The number of nitriles is 1. The highest BCUT2D eigenvalue weighted by molar-refractivity contribution is 9.10. The summed E-state index contributed by atoms with van der Waals surface area (Å²) in [6.45, 7) is 2.56. The van der Waals surface area contributed by atoms with Crippen molar-refractivity contribution in [1.29, 1.82) is 5.26 Å². The summed E-state index contributed by atoms with van der Waals surface area (Å²) in [6, 6.07) is 26.6. The van der Waals surface area contributed by atoms with E-state index >= 15 is 0 Å². The molecule has 0 spiro atoms. The fourth-order valence-corrected chi connectivity index (χ4v) is 4.14. The van der Waals surface area contributed by atoms with Crippen LogP contribution in [-0.2, 0) is 11.4 Å². The molecule has 0 fully saturated rings. The van der Waals surface area contributed by atoms with E-state index in [-0.39, 0.29) is 5.57 Å². The molecule has 0 saturated carbocycles. The van der Waals surface area contributed by atoms with Gasteiger partial charge in [-0.25, -0.2) is 0 Å². The molecule has 180 valence electrons. The highest BCUT2D eigenvalue weighted by Gasteiger charge is 2.15. The first kappa shape index (κ1) is 25.3. The number of halogens is 2. The highest BCUT2D eigenvalue weighted by atomic mass is 79.9. The maximum absolute atomic E-state index is 12.6. The molecule has 0 heterocycles. The third-order valence-corrected chi connectivity index (χ3v) is 6.12. The van der Waals surface area contributed by atoms with Gasteiger partial charge in [-0.05, 0) is 77.4 Å². The Morgan fingerprint density at radius 1 is 1.03 bits per heavy atom. The van der Waals surface area contributed by atoms with E-state index in [1.165, 1.54) is 6.08 Å². The quantitative estimate of drug-likeness (QED) is 0.176. The van der Waals surface area contributed by atoms with Gasteiger partial charge < -0.3 is 14.8 Å². The smallest absolute Gasteiger partial charge is 0.266 e. The van der Waals surface area contributed by atoms with Crippen LogP contribution in [0.25, 0.3) is 16.8 Å². The maximum Gasteiger partial charge on any atom is 0.266 e. The van der Waals surface area contributed by atoms with Crippen molar-refractivity contribution in [3.05, 3.63) is 105 Å². The second-order valence-electron chi connectivity index (χ2n) is 7.86. The zero-order valence-corrected chi connectivity index (χ0v) is 21.8. The van der Waals surface area contributed by atoms with Crippen LogP contribution in [0.1, 0.15) is 18.1 Å². The van der Waals surface area contributed by atoms with Crippen LogP contribution in [0.3, 0.4) is 0 Å². The molecule has 0 atom stereocenters. The summed E-state index contributed by atoms with van der Waals surface area (Å²) in [5, 5.41) is 14.9. The number of hydrogen-bond donors (Lipinski definition) is 1. The molecule has 7 heteroatoms. The molecule has 4 aromatic carbocycles. The summed E-state index contributed by atoms with van der Waals surface area (Å²) >= 11 is 9.91. The second-order valence-corrected chi connectivity index (χ2v) is 9.19. The van der Waals surface area contributed by atoms with Gasteiger partial charge in [0.2, 0.25) is 0 Å². The minimum absolute atomic E-state index is 0.0683. The van der Waals surface area contributed by atoms with Crippen LogP contribution < -0.4 is 14.8 Å². The third kappa shape index (κ3) is 6.25. The lowest BCUT2D eigenvalue weighted by molar-refractivity contribution is -0.112. The molecule has 0 bridgehead atoms. The summed E-state index contributed by atoms with van der Waals surface area (Å²) < 4.78 is 12.7. The standard InChI is InChI=1S/C29H22BrClN2O3/c1-2-35-27-16-20(14-23(17-32)29(34)33-25-11-9-24(30)10-12-25)15-26(31)28(27)36-18-19-7-8-21-5-3-4-6-22(21)13-19/h3-16H,2,18H2,1H3,(H,33,34)/b23-14+. The van der Waals surface area contributed by atoms with Crippen molar-refractivity contribution in [3.8, 4) is 17.6 Å². The molecule has 0 aliphatic heterocycles. The number of fused-ring (bicyclic) bond motifs is 1. The minimum Gasteiger partial charge on any atom is -0.490 e. The molecule has 0 saturated heterocycles. The average molecular weight is 562 g/mol. The van der Waals surface area contributed by atoms with Crippen LogP contribution in [-0.4, -0.2) is 12.5 Å². The molecule has 0 aromatic heterocycles. The third-order valence-electron chi connectivity index (χ3n) is 5.31. The normalized spacial score (nSPS) is 11.1. The van der Waals surface area contributed by atoms with E-state index < -0.39 is 5.91 Å². The summed E-state index contributed by atoms with van der Waals surface area (Å²) in [7, 11) is 0. The van der Waals surface area contributed by atoms with Gasteiger partial charge in [-0.1, -0.05) is 63.9 Å². The maximum atomic E-state index is 12.6. The molecule has 1 N–H and O–H groups in total.